The number of aliphatic imine (C=N–C) groups is 1. The molecule has 0 aliphatic carbocycles. The zero-order valence-corrected chi connectivity index (χ0v) is 12.6. The van der Waals surface area contributed by atoms with Crippen LogP contribution in [0.25, 0.3) is 0 Å². The number of amidine groups is 1. The molecule has 0 spiro atoms. The summed E-state index contributed by atoms with van der Waals surface area (Å²) in [5.41, 5.74) is 0. The molecule has 98 valence electrons. The molecule has 1 N–H and O–H groups in total. The second kappa shape index (κ2) is 6.93. The first-order valence-electron chi connectivity index (χ1n) is 6.90. The topological polar surface area (TPSA) is 24.4 Å². The first-order chi connectivity index (χ1) is 8.33. The molecule has 2 nitrogen and oxygen atoms in total. The number of hydrogen-bond donors (Lipinski definition) is 1. The van der Waals surface area contributed by atoms with Gasteiger partial charge in [-0.05, 0) is 24.5 Å². The van der Waals surface area contributed by atoms with Crippen molar-refractivity contribution in [2.75, 3.05) is 18.8 Å². The zero-order chi connectivity index (χ0) is 12.1. The van der Waals surface area contributed by atoms with Crippen molar-refractivity contribution in [1.29, 1.82) is 0 Å². The highest BCUT2D eigenvalue weighted by Crippen LogP contribution is 2.31. The highest BCUT2D eigenvalue weighted by atomic mass is 32.2. The molecule has 0 bridgehead atoms. The smallest absolute Gasteiger partial charge is 0.156 e. The van der Waals surface area contributed by atoms with E-state index in [1.54, 1.807) is 0 Å². The Morgan fingerprint density at radius 3 is 2.88 bits per heavy atom. The van der Waals surface area contributed by atoms with E-state index in [-0.39, 0.29) is 0 Å². The second-order valence-electron chi connectivity index (χ2n) is 4.89. The van der Waals surface area contributed by atoms with Crippen LogP contribution >= 0.6 is 23.5 Å². The Balaban J connectivity index is 1.69. The van der Waals surface area contributed by atoms with Crippen LogP contribution < -0.4 is 5.32 Å². The Labute approximate surface area is 114 Å². The molecule has 1 fully saturated rings. The van der Waals surface area contributed by atoms with Gasteiger partial charge >= 0.3 is 0 Å². The van der Waals surface area contributed by atoms with Crippen LogP contribution in [0.3, 0.4) is 0 Å². The van der Waals surface area contributed by atoms with Gasteiger partial charge in [0, 0.05) is 17.0 Å². The van der Waals surface area contributed by atoms with Crippen LogP contribution in [0, 0.1) is 5.92 Å². The molecule has 0 saturated carbocycles. The summed E-state index contributed by atoms with van der Waals surface area (Å²) in [4.78, 5) is 4.65. The van der Waals surface area contributed by atoms with Crippen LogP contribution in [0.1, 0.15) is 39.5 Å². The lowest BCUT2D eigenvalue weighted by Gasteiger charge is -2.19. The van der Waals surface area contributed by atoms with Crippen molar-refractivity contribution in [3.05, 3.63) is 0 Å². The molecule has 2 aliphatic rings. The summed E-state index contributed by atoms with van der Waals surface area (Å²) in [6.45, 7) is 6.74. The lowest BCUT2D eigenvalue weighted by Crippen LogP contribution is -2.27. The standard InChI is InChI=1S/C13H24N2S2/c1-3-10(4-2)12-9-15-13(17-12)14-8-11-6-5-7-16-11/h10-12H,3-9H2,1-2H3,(H,14,15). The minimum atomic E-state index is 0.726. The van der Waals surface area contributed by atoms with Gasteiger partial charge in [0.2, 0.25) is 0 Å². The molecule has 4 heteroatoms. The van der Waals surface area contributed by atoms with Gasteiger partial charge in [-0.15, -0.1) is 0 Å². The van der Waals surface area contributed by atoms with E-state index in [9.17, 15) is 0 Å². The summed E-state index contributed by atoms with van der Waals surface area (Å²) >= 11 is 4.10. The number of hydrogen-bond acceptors (Lipinski definition) is 4. The molecule has 17 heavy (non-hydrogen) atoms. The fourth-order valence-corrected chi connectivity index (χ4v) is 5.08. The third-order valence-electron chi connectivity index (χ3n) is 3.76. The highest BCUT2D eigenvalue weighted by Gasteiger charge is 2.26. The predicted octanol–water partition coefficient (Wildman–Crippen LogP) is 3.38. The van der Waals surface area contributed by atoms with E-state index in [2.05, 4.69) is 35.9 Å². The summed E-state index contributed by atoms with van der Waals surface area (Å²) in [7, 11) is 0. The van der Waals surface area contributed by atoms with E-state index in [0.717, 1.165) is 29.5 Å². The number of rotatable bonds is 5. The van der Waals surface area contributed by atoms with Crippen LogP contribution in [0.4, 0.5) is 0 Å². The number of thioether (sulfide) groups is 2. The molecule has 2 atom stereocenters. The maximum absolute atomic E-state index is 4.65. The Morgan fingerprint density at radius 2 is 2.24 bits per heavy atom. The van der Waals surface area contributed by atoms with Crippen molar-refractivity contribution < 1.29 is 0 Å². The van der Waals surface area contributed by atoms with Gasteiger partial charge < -0.3 is 5.32 Å². The van der Waals surface area contributed by atoms with E-state index < -0.39 is 0 Å². The van der Waals surface area contributed by atoms with Gasteiger partial charge in [0.15, 0.2) is 5.17 Å². The molecule has 2 rings (SSSR count). The van der Waals surface area contributed by atoms with Gasteiger partial charge in [-0.3, -0.25) is 4.99 Å². The number of nitrogens with zero attached hydrogens (tertiary/aromatic N) is 1. The minimum absolute atomic E-state index is 0.726. The largest absolute Gasteiger partial charge is 0.364 e. The molecule has 1 saturated heterocycles. The Kier molecular flexibility index (Phi) is 5.54. The van der Waals surface area contributed by atoms with E-state index in [1.165, 1.54) is 36.6 Å². The van der Waals surface area contributed by atoms with E-state index >= 15 is 0 Å². The minimum Gasteiger partial charge on any atom is -0.364 e. The maximum atomic E-state index is 4.65. The van der Waals surface area contributed by atoms with Gasteiger partial charge in [-0.2, -0.15) is 11.8 Å². The van der Waals surface area contributed by atoms with Crippen molar-refractivity contribution in [3.63, 3.8) is 0 Å². The Bertz CT molecular complexity index is 258. The molecule has 2 heterocycles. The monoisotopic (exact) mass is 272 g/mol. The molecule has 0 aromatic rings. The third kappa shape index (κ3) is 3.82. The molecule has 0 radical (unpaired) electrons. The third-order valence-corrected chi connectivity index (χ3v) is 6.49. The van der Waals surface area contributed by atoms with Crippen LogP contribution in [0.15, 0.2) is 4.99 Å². The van der Waals surface area contributed by atoms with Crippen LogP contribution in [0.2, 0.25) is 0 Å². The van der Waals surface area contributed by atoms with Gasteiger partial charge in [0.1, 0.15) is 0 Å². The summed E-state index contributed by atoms with van der Waals surface area (Å²) in [6, 6.07) is 0. The van der Waals surface area contributed by atoms with Gasteiger partial charge in [0.05, 0.1) is 6.54 Å². The Morgan fingerprint density at radius 1 is 1.41 bits per heavy atom. The molecule has 0 amide bonds. The maximum Gasteiger partial charge on any atom is 0.156 e. The highest BCUT2D eigenvalue weighted by molar-refractivity contribution is 8.14. The summed E-state index contributed by atoms with van der Waals surface area (Å²) < 4.78 is 0. The van der Waals surface area contributed by atoms with E-state index in [4.69, 9.17) is 0 Å². The lowest BCUT2D eigenvalue weighted by molar-refractivity contribution is 0.479. The first kappa shape index (κ1) is 13.6. The fraction of sp³-hybridized carbons (Fsp3) is 0.923. The van der Waals surface area contributed by atoms with E-state index in [1.807, 2.05) is 11.8 Å². The first-order valence-corrected chi connectivity index (χ1v) is 8.82. The normalized spacial score (nSPS) is 28.8. The average Bonchev–Trinajstić information content (AvgIpc) is 2.99. The van der Waals surface area contributed by atoms with Crippen molar-refractivity contribution in [2.45, 2.75) is 50.0 Å². The fourth-order valence-electron chi connectivity index (χ4n) is 2.55. The van der Waals surface area contributed by atoms with Crippen molar-refractivity contribution in [1.82, 2.24) is 5.32 Å². The molecule has 2 unspecified atom stereocenters. The Hall–Kier alpha value is 0.170. The zero-order valence-electron chi connectivity index (χ0n) is 10.9. The quantitative estimate of drug-likeness (QED) is 0.830. The molecule has 0 aromatic heterocycles. The molecule has 0 aromatic carbocycles. The second-order valence-corrected chi connectivity index (χ2v) is 7.53. The molecular formula is C13H24N2S2. The predicted molar refractivity (Wildman–Crippen MR) is 81.2 cm³/mol. The van der Waals surface area contributed by atoms with E-state index in [0.29, 0.717) is 0 Å². The number of nitrogens with one attached hydrogen (secondary N) is 1. The lowest BCUT2D eigenvalue weighted by atomic mass is 9.99. The van der Waals surface area contributed by atoms with Crippen molar-refractivity contribution >= 4 is 28.7 Å². The average molecular weight is 272 g/mol. The van der Waals surface area contributed by atoms with Gasteiger partial charge in [0.25, 0.3) is 0 Å². The van der Waals surface area contributed by atoms with Gasteiger partial charge in [-0.1, -0.05) is 38.5 Å². The van der Waals surface area contributed by atoms with Crippen molar-refractivity contribution in [3.8, 4) is 0 Å². The van der Waals surface area contributed by atoms with Crippen LogP contribution in [-0.2, 0) is 0 Å². The van der Waals surface area contributed by atoms with Crippen LogP contribution in [-0.4, -0.2) is 34.5 Å². The summed E-state index contributed by atoms with van der Waals surface area (Å²) in [5, 5.41) is 6.30. The van der Waals surface area contributed by atoms with Crippen LogP contribution in [0.5, 0.6) is 0 Å². The molecule has 2 aliphatic heterocycles. The molecular weight excluding hydrogens is 248 g/mol. The summed E-state index contributed by atoms with van der Waals surface area (Å²) in [5.74, 6) is 2.19. The van der Waals surface area contributed by atoms with Gasteiger partial charge in [-0.25, -0.2) is 0 Å². The van der Waals surface area contributed by atoms with Crippen molar-refractivity contribution in [2.24, 2.45) is 10.9 Å². The summed E-state index contributed by atoms with van der Waals surface area (Å²) in [6.07, 6.45) is 5.35. The SMILES string of the molecule is CCC(CC)C1CN=C(NCC2CCCS2)S1.